The fraction of sp³-hybridized carbons (Fsp3) is 0.481. The first-order chi connectivity index (χ1) is 17.1. The lowest BCUT2D eigenvalue weighted by atomic mass is 10.2. The average Bonchev–Trinajstić information content (AvgIpc) is 2.88. The summed E-state index contributed by atoms with van der Waals surface area (Å²) in [6.07, 6.45) is 2.60. The topological polar surface area (TPSA) is 59.1 Å². The molecule has 0 bridgehead atoms. The highest BCUT2D eigenvalue weighted by atomic mass is 35.5. The van der Waals surface area contributed by atoms with E-state index >= 15 is 0 Å². The van der Waals surface area contributed by atoms with Gasteiger partial charge in [-0.25, -0.2) is 0 Å². The van der Waals surface area contributed by atoms with E-state index in [1.54, 1.807) is 12.1 Å². The van der Waals surface area contributed by atoms with Crippen molar-refractivity contribution in [1.82, 2.24) is 14.7 Å². The van der Waals surface area contributed by atoms with Crippen LogP contribution in [0, 0.1) is 0 Å². The summed E-state index contributed by atoms with van der Waals surface area (Å²) >= 11 is 5.97. The molecule has 0 spiro atoms. The first-order valence-electron chi connectivity index (χ1n) is 12.6. The van der Waals surface area contributed by atoms with E-state index in [-0.39, 0.29) is 11.8 Å². The van der Waals surface area contributed by atoms with E-state index in [2.05, 4.69) is 50.3 Å². The number of hydrogen-bond donors (Lipinski definition) is 1. The van der Waals surface area contributed by atoms with E-state index in [0.29, 0.717) is 36.8 Å². The number of nitrogens with zero attached hydrogens (tertiary/aromatic N) is 4. The van der Waals surface area contributed by atoms with Crippen LogP contribution in [0.5, 0.6) is 0 Å². The number of carbonyl (C=O) groups is 2. The number of rotatable bonds is 9. The summed E-state index contributed by atoms with van der Waals surface area (Å²) in [6, 6.07) is 17.8. The zero-order valence-electron chi connectivity index (χ0n) is 20.4. The molecule has 0 atom stereocenters. The van der Waals surface area contributed by atoms with E-state index in [1.807, 2.05) is 17.0 Å². The van der Waals surface area contributed by atoms with Gasteiger partial charge in [0.2, 0.25) is 11.8 Å². The van der Waals surface area contributed by atoms with Crippen LogP contribution in [0.25, 0.3) is 0 Å². The summed E-state index contributed by atoms with van der Waals surface area (Å²) in [4.78, 5) is 34.0. The van der Waals surface area contributed by atoms with Gasteiger partial charge in [-0.05, 0) is 49.7 Å². The number of para-hydroxylation sites is 1. The number of carbonyl (C=O) groups excluding carboxylic acids is 2. The van der Waals surface area contributed by atoms with Crippen LogP contribution in [0.4, 0.5) is 11.4 Å². The second kappa shape index (κ2) is 12.9. The first kappa shape index (κ1) is 25.5. The van der Waals surface area contributed by atoms with Gasteiger partial charge in [-0.1, -0.05) is 35.9 Å². The molecule has 2 aromatic rings. The minimum absolute atomic E-state index is 0.0587. The van der Waals surface area contributed by atoms with E-state index in [0.717, 1.165) is 58.7 Å². The highest BCUT2D eigenvalue weighted by Crippen LogP contribution is 2.17. The van der Waals surface area contributed by atoms with Gasteiger partial charge >= 0.3 is 0 Å². The largest absolute Gasteiger partial charge is 0.369 e. The number of hydrogen-bond acceptors (Lipinski definition) is 5. The summed E-state index contributed by atoms with van der Waals surface area (Å²) in [5.41, 5.74) is 2.01. The highest BCUT2D eigenvalue weighted by Gasteiger charge is 2.22. The van der Waals surface area contributed by atoms with Crippen LogP contribution >= 0.6 is 11.6 Å². The van der Waals surface area contributed by atoms with E-state index < -0.39 is 0 Å². The van der Waals surface area contributed by atoms with Gasteiger partial charge < -0.3 is 15.1 Å². The van der Waals surface area contributed by atoms with Crippen molar-refractivity contribution in [3.63, 3.8) is 0 Å². The first-order valence-corrected chi connectivity index (χ1v) is 13.0. The molecule has 4 rings (SSSR count). The molecule has 0 radical (unpaired) electrons. The Morgan fingerprint density at radius 3 is 2.23 bits per heavy atom. The lowest BCUT2D eigenvalue weighted by Gasteiger charge is -2.36. The van der Waals surface area contributed by atoms with Gasteiger partial charge in [0.15, 0.2) is 0 Å². The van der Waals surface area contributed by atoms with Crippen LogP contribution in [0.15, 0.2) is 54.6 Å². The molecule has 1 N–H and O–H groups in total. The van der Waals surface area contributed by atoms with Crippen molar-refractivity contribution in [2.24, 2.45) is 0 Å². The third-order valence-corrected chi connectivity index (χ3v) is 7.04. The fourth-order valence-electron chi connectivity index (χ4n) is 4.76. The van der Waals surface area contributed by atoms with Crippen molar-refractivity contribution < 1.29 is 9.59 Å². The Hall–Kier alpha value is -2.61. The number of piperazine rings is 2. The number of halogens is 1. The van der Waals surface area contributed by atoms with Gasteiger partial charge in [-0.3, -0.25) is 19.4 Å². The van der Waals surface area contributed by atoms with Crippen molar-refractivity contribution >= 4 is 34.8 Å². The zero-order chi connectivity index (χ0) is 24.5. The van der Waals surface area contributed by atoms with Crippen LogP contribution in [-0.2, 0) is 9.59 Å². The van der Waals surface area contributed by atoms with Crippen LogP contribution in [0.1, 0.15) is 19.3 Å². The standard InChI is InChI=1S/C27H36ClN5O2/c28-23-7-6-8-24(21-23)29-26(34)22-31-15-19-33(20-16-31)27(35)11-4-5-12-30-13-17-32(18-14-30)25-9-2-1-3-10-25/h1-3,6-10,21H,4-5,11-20,22H2,(H,29,34). The summed E-state index contributed by atoms with van der Waals surface area (Å²) < 4.78 is 0. The molecule has 35 heavy (non-hydrogen) atoms. The molecule has 0 saturated carbocycles. The summed E-state index contributed by atoms with van der Waals surface area (Å²) in [7, 11) is 0. The Labute approximate surface area is 213 Å². The molecule has 0 unspecified atom stereocenters. The van der Waals surface area contributed by atoms with Gasteiger partial charge in [-0.15, -0.1) is 0 Å². The maximum Gasteiger partial charge on any atom is 0.238 e. The van der Waals surface area contributed by atoms with Gasteiger partial charge in [0.05, 0.1) is 6.54 Å². The Balaban J connectivity index is 1.06. The smallest absolute Gasteiger partial charge is 0.238 e. The zero-order valence-corrected chi connectivity index (χ0v) is 21.1. The van der Waals surface area contributed by atoms with Crippen LogP contribution in [0.3, 0.4) is 0 Å². The number of benzene rings is 2. The van der Waals surface area contributed by atoms with Crippen molar-refractivity contribution in [1.29, 1.82) is 0 Å². The normalized spacial score (nSPS) is 17.4. The highest BCUT2D eigenvalue weighted by molar-refractivity contribution is 6.30. The molecule has 2 aliphatic rings. The second-order valence-electron chi connectivity index (χ2n) is 9.34. The molecular weight excluding hydrogens is 462 g/mol. The third-order valence-electron chi connectivity index (χ3n) is 6.81. The lowest BCUT2D eigenvalue weighted by Crippen LogP contribution is -2.50. The van der Waals surface area contributed by atoms with E-state index in [4.69, 9.17) is 11.6 Å². The SMILES string of the molecule is O=C(CN1CCN(C(=O)CCCCN2CCN(c3ccccc3)CC2)CC1)Nc1cccc(Cl)c1. The van der Waals surface area contributed by atoms with Gasteiger partial charge in [-0.2, -0.15) is 0 Å². The molecule has 0 aromatic heterocycles. The molecular formula is C27H36ClN5O2. The number of anilines is 2. The maximum absolute atomic E-state index is 12.6. The van der Waals surface area contributed by atoms with E-state index in [9.17, 15) is 9.59 Å². The molecule has 8 heteroatoms. The average molecular weight is 498 g/mol. The fourth-order valence-corrected chi connectivity index (χ4v) is 4.95. The maximum atomic E-state index is 12.6. The number of unbranched alkanes of at least 4 members (excludes halogenated alkanes) is 1. The second-order valence-corrected chi connectivity index (χ2v) is 9.77. The molecule has 2 fully saturated rings. The predicted octanol–water partition coefficient (Wildman–Crippen LogP) is 3.42. The molecule has 2 heterocycles. The quantitative estimate of drug-likeness (QED) is 0.538. The van der Waals surface area contributed by atoms with Gasteiger partial charge in [0, 0.05) is 75.2 Å². The summed E-state index contributed by atoms with van der Waals surface area (Å²) in [6.45, 7) is 8.48. The van der Waals surface area contributed by atoms with Gasteiger partial charge in [0.25, 0.3) is 0 Å². The molecule has 2 aromatic carbocycles. The van der Waals surface area contributed by atoms with Gasteiger partial charge in [0.1, 0.15) is 0 Å². The van der Waals surface area contributed by atoms with Crippen molar-refractivity contribution in [2.45, 2.75) is 19.3 Å². The van der Waals surface area contributed by atoms with Crippen molar-refractivity contribution in [3.05, 3.63) is 59.6 Å². The minimum atomic E-state index is -0.0587. The third kappa shape index (κ3) is 7.95. The molecule has 2 saturated heterocycles. The number of nitrogens with one attached hydrogen (secondary N) is 1. The molecule has 188 valence electrons. The van der Waals surface area contributed by atoms with Crippen molar-refractivity contribution in [3.8, 4) is 0 Å². The van der Waals surface area contributed by atoms with E-state index in [1.165, 1.54) is 5.69 Å². The Bertz CT molecular complexity index is 957. The monoisotopic (exact) mass is 497 g/mol. The Kier molecular flexibility index (Phi) is 9.40. The van der Waals surface area contributed by atoms with Crippen LogP contribution in [-0.4, -0.2) is 92.0 Å². The Morgan fingerprint density at radius 1 is 0.800 bits per heavy atom. The van der Waals surface area contributed by atoms with Crippen LogP contribution < -0.4 is 10.2 Å². The Morgan fingerprint density at radius 2 is 1.51 bits per heavy atom. The molecule has 2 aliphatic heterocycles. The minimum Gasteiger partial charge on any atom is -0.369 e. The molecule has 2 amide bonds. The summed E-state index contributed by atoms with van der Waals surface area (Å²) in [5.74, 6) is 0.179. The molecule has 0 aliphatic carbocycles. The van der Waals surface area contributed by atoms with Crippen molar-refractivity contribution in [2.75, 3.05) is 75.7 Å². The van der Waals surface area contributed by atoms with Crippen LogP contribution in [0.2, 0.25) is 5.02 Å². The predicted molar refractivity (Wildman–Crippen MR) is 142 cm³/mol. The molecule has 7 nitrogen and oxygen atoms in total. The summed E-state index contributed by atoms with van der Waals surface area (Å²) in [5, 5.41) is 3.48. The number of amides is 2. The lowest BCUT2D eigenvalue weighted by molar-refractivity contribution is -0.133.